The van der Waals surface area contributed by atoms with Crippen molar-refractivity contribution in [3.05, 3.63) is 199 Å². The fourth-order valence-corrected chi connectivity index (χ4v) is 9.85. The summed E-state index contributed by atoms with van der Waals surface area (Å²) >= 11 is 1.81. The molecule has 3 aromatic heterocycles. The van der Waals surface area contributed by atoms with Gasteiger partial charge in [-0.1, -0.05) is 140 Å². The standard InChI is InChI=1S/C51H32N4OS/c1-3-13-31(14-4-1)49-52-50(32-15-5-2-6-16-32)54-51(53-49)41-22-12-21-40-42-29-33(25-28-46(42)57-48(40)41)35-19-11-20-39-38-27-26-34(30-45(38)56-47(35)39)55-43-23-9-7-17-36(43)37-18-8-10-24-44(37)55/h1-30,51H,(H,52,53,54). The van der Waals surface area contributed by atoms with Gasteiger partial charge in [0.15, 0.2) is 5.84 Å². The van der Waals surface area contributed by atoms with Crippen molar-refractivity contribution in [3.63, 3.8) is 0 Å². The molecule has 5 nitrogen and oxygen atoms in total. The number of benzene rings is 8. The first kappa shape index (κ1) is 32.0. The van der Waals surface area contributed by atoms with Gasteiger partial charge in [0.25, 0.3) is 0 Å². The number of thiophene rings is 1. The van der Waals surface area contributed by atoms with Gasteiger partial charge in [-0.05, 0) is 42.0 Å². The molecule has 0 radical (unpaired) electrons. The van der Waals surface area contributed by atoms with Gasteiger partial charge in [0.05, 0.1) is 11.0 Å². The van der Waals surface area contributed by atoms with Crippen molar-refractivity contribution >= 4 is 86.9 Å². The van der Waals surface area contributed by atoms with Gasteiger partial charge in [0.2, 0.25) is 0 Å². The number of fused-ring (bicyclic) bond motifs is 9. The van der Waals surface area contributed by atoms with Crippen LogP contribution >= 0.6 is 11.3 Å². The number of furan rings is 1. The Hall–Kier alpha value is -7.28. The van der Waals surface area contributed by atoms with E-state index < -0.39 is 0 Å². The van der Waals surface area contributed by atoms with E-state index >= 15 is 0 Å². The second kappa shape index (κ2) is 12.6. The molecule has 1 aliphatic rings. The topological polar surface area (TPSA) is 54.8 Å². The fourth-order valence-electron chi connectivity index (χ4n) is 8.63. The summed E-state index contributed by atoms with van der Waals surface area (Å²) in [7, 11) is 0. The number of aliphatic imine (C=N–C) groups is 2. The second-order valence-corrected chi connectivity index (χ2v) is 15.6. The number of hydrogen-bond donors (Lipinski definition) is 1. The minimum absolute atomic E-state index is 0.305. The van der Waals surface area contributed by atoms with Gasteiger partial charge >= 0.3 is 0 Å². The van der Waals surface area contributed by atoms with Crippen LogP contribution in [-0.2, 0) is 0 Å². The summed E-state index contributed by atoms with van der Waals surface area (Å²) in [6.07, 6.45) is -0.305. The van der Waals surface area contributed by atoms with Crippen LogP contribution in [0.3, 0.4) is 0 Å². The quantitative estimate of drug-likeness (QED) is 0.191. The monoisotopic (exact) mass is 748 g/mol. The Morgan fingerprint density at radius 1 is 0.526 bits per heavy atom. The van der Waals surface area contributed by atoms with E-state index in [4.69, 9.17) is 14.4 Å². The Morgan fingerprint density at radius 2 is 1.21 bits per heavy atom. The molecule has 0 aliphatic carbocycles. The predicted octanol–water partition coefficient (Wildman–Crippen LogP) is 13.2. The minimum Gasteiger partial charge on any atom is -0.455 e. The molecular formula is C51H32N4OS. The Morgan fingerprint density at radius 3 is 2.00 bits per heavy atom. The molecule has 6 heteroatoms. The summed E-state index contributed by atoms with van der Waals surface area (Å²) in [4.78, 5) is 10.2. The first-order valence-electron chi connectivity index (χ1n) is 19.2. The van der Waals surface area contributed by atoms with E-state index in [0.29, 0.717) is 0 Å². The Labute approximate surface area is 331 Å². The van der Waals surface area contributed by atoms with Crippen LogP contribution in [0, 0.1) is 0 Å². The van der Waals surface area contributed by atoms with Crippen LogP contribution in [0.15, 0.2) is 196 Å². The third-order valence-corrected chi connectivity index (χ3v) is 12.5. The van der Waals surface area contributed by atoms with E-state index in [2.05, 4.69) is 155 Å². The normalized spacial score (nSPS) is 14.5. The van der Waals surface area contributed by atoms with Crippen molar-refractivity contribution in [1.82, 2.24) is 9.88 Å². The maximum absolute atomic E-state index is 6.83. The van der Waals surface area contributed by atoms with Gasteiger partial charge in [-0.2, -0.15) is 0 Å². The van der Waals surface area contributed by atoms with Gasteiger partial charge in [-0.25, -0.2) is 9.98 Å². The fraction of sp³-hybridized carbons (Fsp3) is 0.0196. The third-order valence-electron chi connectivity index (χ3n) is 11.3. The summed E-state index contributed by atoms with van der Waals surface area (Å²) in [6, 6.07) is 64.3. The van der Waals surface area contributed by atoms with E-state index in [1.807, 2.05) is 47.7 Å². The van der Waals surface area contributed by atoms with Crippen LogP contribution < -0.4 is 5.32 Å². The predicted molar refractivity (Wildman–Crippen MR) is 238 cm³/mol. The summed E-state index contributed by atoms with van der Waals surface area (Å²) in [6.45, 7) is 0. The van der Waals surface area contributed by atoms with Crippen molar-refractivity contribution in [2.45, 2.75) is 6.17 Å². The lowest BCUT2D eigenvalue weighted by Gasteiger charge is -2.24. The number of nitrogens with one attached hydrogen (secondary N) is 1. The van der Waals surface area contributed by atoms with Gasteiger partial charge in [0.1, 0.15) is 23.2 Å². The average molecular weight is 749 g/mol. The number of amidine groups is 2. The molecule has 1 atom stereocenters. The van der Waals surface area contributed by atoms with E-state index in [9.17, 15) is 0 Å². The molecule has 12 rings (SSSR count). The zero-order valence-electron chi connectivity index (χ0n) is 30.6. The number of para-hydroxylation sites is 3. The van der Waals surface area contributed by atoms with Crippen LogP contribution in [0.4, 0.5) is 0 Å². The zero-order valence-corrected chi connectivity index (χ0v) is 31.4. The molecule has 0 fully saturated rings. The van der Waals surface area contributed by atoms with E-state index in [1.165, 1.54) is 42.0 Å². The summed E-state index contributed by atoms with van der Waals surface area (Å²) in [5.74, 6) is 1.54. The first-order chi connectivity index (χ1) is 28.2. The Bertz CT molecular complexity index is 3390. The Kier molecular flexibility index (Phi) is 7.09. The molecule has 1 N–H and O–H groups in total. The minimum atomic E-state index is -0.305. The third kappa shape index (κ3) is 5.08. The summed E-state index contributed by atoms with van der Waals surface area (Å²) in [5, 5.41) is 10.8. The molecule has 0 saturated heterocycles. The molecule has 1 aliphatic heterocycles. The summed E-state index contributed by atoms with van der Waals surface area (Å²) in [5.41, 5.74) is 10.6. The van der Waals surface area contributed by atoms with Crippen LogP contribution in [0.25, 0.3) is 80.7 Å². The van der Waals surface area contributed by atoms with Crippen molar-refractivity contribution in [1.29, 1.82) is 0 Å². The highest BCUT2D eigenvalue weighted by molar-refractivity contribution is 7.26. The molecule has 0 saturated carbocycles. The van der Waals surface area contributed by atoms with Crippen molar-refractivity contribution in [2.75, 3.05) is 0 Å². The van der Waals surface area contributed by atoms with Crippen molar-refractivity contribution < 1.29 is 4.42 Å². The molecule has 1 unspecified atom stereocenters. The molecule has 8 aromatic carbocycles. The zero-order chi connectivity index (χ0) is 37.5. The SMILES string of the molecule is c1ccc(C2=NC(c3cccc4c3sc3ccc(-c5cccc6c5oc5cc(-n7c8ccccc8c8ccccc87)ccc56)cc34)NC(c3ccccc3)=N2)cc1. The van der Waals surface area contributed by atoms with E-state index in [-0.39, 0.29) is 6.17 Å². The van der Waals surface area contributed by atoms with Crippen LogP contribution in [0.5, 0.6) is 0 Å². The number of hydrogen-bond acceptors (Lipinski definition) is 5. The average Bonchev–Trinajstić information content (AvgIpc) is 3.96. The van der Waals surface area contributed by atoms with Gasteiger partial charge in [-0.15, -0.1) is 11.3 Å². The largest absolute Gasteiger partial charge is 0.455 e. The lowest BCUT2D eigenvalue weighted by molar-refractivity contribution is 0.669. The maximum Gasteiger partial charge on any atom is 0.159 e. The lowest BCUT2D eigenvalue weighted by atomic mass is 9.99. The molecule has 0 amide bonds. The lowest BCUT2D eigenvalue weighted by Crippen LogP contribution is -2.33. The highest BCUT2D eigenvalue weighted by Gasteiger charge is 2.24. The molecule has 0 bridgehead atoms. The smallest absolute Gasteiger partial charge is 0.159 e. The number of nitrogens with zero attached hydrogens (tertiary/aromatic N) is 3. The van der Waals surface area contributed by atoms with Crippen molar-refractivity contribution in [2.24, 2.45) is 9.98 Å². The maximum atomic E-state index is 6.83. The number of aromatic nitrogens is 1. The van der Waals surface area contributed by atoms with Crippen LogP contribution in [0.1, 0.15) is 22.9 Å². The van der Waals surface area contributed by atoms with Crippen molar-refractivity contribution in [3.8, 4) is 16.8 Å². The van der Waals surface area contributed by atoms with E-state index in [0.717, 1.165) is 67.1 Å². The van der Waals surface area contributed by atoms with Crippen LogP contribution in [0.2, 0.25) is 0 Å². The number of rotatable bonds is 5. The van der Waals surface area contributed by atoms with E-state index in [1.54, 1.807) is 0 Å². The van der Waals surface area contributed by atoms with Gasteiger partial charge in [0, 0.05) is 75.7 Å². The molecule has 0 spiro atoms. The first-order valence-corrected chi connectivity index (χ1v) is 20.0. The van der Waals surface area contributed by atoms with Crippen LogP contribution in [-0.4, -0.2) is 16.2 Å². The Balaban J connectivity index is 0.967. The second-order valence-electron chi connectivity index (χ2n) is 14.6. The molecule has 57 heavy (non-hydrogen) atoms. The highest BCUT2D eigenvalue weighted by Crippen LogP contribution is 2.43. The van der Waals surface area contributed by atoms with Gasteiger partial charge in [-0.3, -0.25) is 0 Å². The molecule has 11 aromatic rings. The van der Waals surface area contributed by atoms with Gasteiger partial charge < -0.3 is 14.3 Å². The molecular weight excluding hydrogens is 717 g/mol. The molecule has 4 heterocycles. The molecule has 268 valence electrons. The highest BCUT2D eigenvalue weighted by atomic mass is 32.1. The summed E-state index contributed by atoms with van der Waals surface area (Å²) < 4.78 is 11.6.